The number of hydrogen-bond acceptors (Lipinski definition) is 4. The number of nitrogens with zero attached hydrogens (tertiary/aromatic N) is 1. The lowest BCUT2D eigenvalue weighted by molar-refractivity contribution is 0.318. The normalized spacial score (nSPS) is 11.6. The Balaban J connectivity index is 2.44. The van der Waals surface area contributed by atoms with Crippen molar-refractivity contribution in [1.29, 1.82) is 0 Å². The summed E-state index contributed by atoms with van der Waals surface area (Å²) < 4.78 is 0. The molecular weight excluding hydrogens is 288 g/mol. The molecule has 0 radical (unpaired) electrons. The van der Waals surface area contributed by atoms with Gasteiger partial charge in [-0.05, 0) is 30.0 Å². The predicted molar refractivity (Wildman–Crippen MR) is 85.9 cm³/mol. The molecule has 0 unspecified atom stereocenters. The first-order valence-electron chi connectivity index (χ1n) is 6.23. The molecule has 0 saturated heterocycles. The van der Waals surface area contributed by atoms with E-state index in [-0.39, 0.29) is 5.84 Å². The minimum Gasteiger partial charge on any atom is -0.409 e. The Morgan fingerprint density at radius 2 is 1.80 bits per heavy atom. The molecule has 0 aliphatic carbocycles. The van der Waals surface area contributed by atoms with Gasteiger partial charge in [0.2, 0.25) is 0 Å². The SMILES string of the molecule is CCSc1cccc(Sc2ccccc2)c1/C(N)=N/O. The summed E-state index contributed by atoms with van der Waals surface area (Å²) in [6, 6.07) is 16.0. The summed E-state index contributed by atoms with van der Waals surface area (Å²) in [7, 11) is 0. The van der Waals surface area contributed by atoms with Crippen LogP contribution in [0.15, 0.2) is 68.4 Å². The van der Waals surface area contributed by atoms with Gasteiger partial charge < -0.3 is 10.9 Å². The monoisotopic (exact) mass is 304 g/mol. The van der Waals surface area contributed by atoms with Gasteiger partial charge in [-0.3, -0.25) is 0 Å². The second-order valence-corrected chi connectivity index (χ2v) is 6.38. The van der Waals surface area contributed by atoms with Gasteiger partial charge in [0.1, 0.15) is 0 Å². The Labute approximate surface area is 127 Å². The van der Waals surface area contributed by atoms with Crippen molar-refractivity contribution in [1.82, 2.24) is 0 Å². The lowest BCUT2D eigenvalue weighted by Crippen LogP contribution is -2.15. The van der Waals surface area contributed by atoms with Gasteiger partial charge in [-0.25, -0.2) is 0 Å². The highest BCUT2D eigenvalue weighted by molar-refractivity contribution is 8.00. The van der Waals surface area contributed by atoms with Crippen molar-refractivity contribution in [2.24, 2.45) is 10.9 Å². The van der Waals surface area contributed by atoms with E-state index in [2.05, 4.69) is 12.1 Å². The van der Waals surface area contributed by atoms with E-state index >= 15 is 0 Å². The fourth-order valence-corrected chi connectivity index (χ4v) is 3.71. The minimum absolute atomic E-state index is 0.153. The molecular formula is C15H16N2OS2. The largest absolute Gasteiger partial charge is 0.409 e. The highest BCUT2D eigenvalue weighted by Crippen LogP contribution is 2.35. The van der Waals surface area contributed by atoms with Crippen molar-refractivity contribution in [3.63, 3.8) is 0 Å². The fraction of sp³-hybridized carbons (Fsp3) is 0.133. The van der Waals surface area contributed by atoms with Crippen LogP contribution in [0.25, 0.3) is 0 Å². The summed E-state index contributed by atoms with van der Waals surface area (Å²) in [4.78, 5) is 3.15. The topological polar surface area (TPSA) is 58.6 Å². The summed E-state index contributed by atoms with van der Waals surface area (Å²) >= 11 is 3.30. The molecule has 104 valence electrons. The van der Waals surface area contributed by atoms with Gasteiger partial charge in [-0.15, -0.1) is 11.8 Å². The third-order valence-electron chi connectivity index (χ3n) is 2.62. The third kappa shape index (κ3) is 3.49. The average Bonchev–Trinajstić information content (AvgIpc) is 2.48. The van der Waals surface area contributed by atoms with E-state index in [9.17, 15) is 0 Å². The maximum Gasteiger partial charge on any atom is 0.172 e. The molecule has 0 bridgehead atoms. The lowest BCUT2D eigenvalue weighted by atomic mass is 10.2. The molecule has 2 aromatic rings. The van der Waals surface area contributed by atoms with Gasteiger partial charge in [0.15, 0.2) is 5.84 Å². The van der Waals surface area contributed by atoms with Gasteiger partial charge in [0.05, 0.1) is 0 Å². The molecule has 20 heavy (non-hydrogen) atoms. The van der Waals surface area contributed by atoms with E-state index < -0.39 is 0 Å². The Bertz CT molecular complexity index is 600. The summed E-state index contributed by atoms with van der Waals surface area (Å²) in [5.41, 5.74) is 6.65. The lowest BCUT2D eigenvalue weighted by Gasteiger charge is -2.12. The van der Waals surface area contributed by atoms with Gasteiger partial charge in [-0.1, -0.05) is 48.1 Å². The number of oxime groups is 1. The molecule has 0 spiro atoms. The standard InChI is InChI=1S/C15H16N2OS2/c1-2-19-12-9-6-10-13(14(12)15(16)17-18)20-11-7-4-3-5-8-11/h3-10,18H,2H2,1H3,(H2,16,17). The molecule has 0 fully saturated rings. The van der Waals surface area contributed by atoms with Crippen molar-refractivity contribution in [2.75, 3.05) is 5.75 Å². The van der Waals surface area contributed by atoms with E-state index in [0.717, 1.165) is 26.0 Å². The first-order chi connectivity index (χ1) is 9.76. The molecule has 2 aromatic carbocycles. The first kappa shape index (κ1) is 14.8. The number of amidine groups is 1. The molecule has 3 nitrogen and oxygen atoms in total. The Hall–Kier alpha value is -1.59. The van der Waals surface area contributed by atoms with Gasteiger partial charge in [0.25, 0.3) is 0 Å². The maximum atomic E-state index is 9.02. The average molecular weight is 304 g/mol. The van der Waals surface area contributed by atoms with Crippen molar-refractivity contribution < 1.29 is 5.21 Å². The maximum absolute atomic E-state index is 9.02. The van der Waals surface area contributed by atoms with Crippen LogP contribution in [0.4, 0.5) is 0 Å². The second-order valence-electron chi connectivity index (χ2n) is 3.96. The minimum atomic E-state index is 0.153. The van der Waals surface area contributed by atoms with Crippen LogP contribution in [0.5, 0.6) is 0 Å². The molecule has 5 heteroatoms. The van der Waals surface area contributed by atoms with Crippen LogP contribution in [-0.4, -0.2) is 16.8 Å². The Morgan fingerprint density at radius 1 is 1.10 bits per heavy atom. The van der Waals surface area contributed by atoms with Gasteiger partial charge in [0, 0.05) is 20.2 Å². The van der Waals surface area contributed by atoms with E-state index in [1.54, 1.807) is 23.5 Å². The molecule has 0 heterocycles. The summed E-state index contributed by atoms with van der Waals surface area (Å²) in [5.74, 6) is 1.09. The molecule has 0 aliphatic heterocycles. The van der Waals surface area contributed by atoms with E-state index in [1.807, 2.05) is 48.5 Å². The van der Waals surface area contributed by atoms with Crippen LogP contribution in [-0.2, 0) is 0 Å². The first-order valence-corrected chi connectivity index (χ1v) is 8.03. The van der Waals surface area contributed by atoms with Crippen molar-refractivity contribution in [2.45, 2.75) is 21.6 Å². The quantitative estimate of drug-likeness (QED) is 0.288. The number of thioether (sulfide) groups is 1. The number of benzene rings is 2. The van der Waals surface area contributed by atoms with Crippen LogP contribution < -0.4 is 5.73 Å². The predicted octanol–water partition coefficient (Wildman–Crippen LogP) is 4.04. The van der Waals surface area contributed by atoms with Crippen LogP contribution >= 0.6 is 23.5 Å². The second kappa shape index (κ2) is 7.26. The highest BCUT2D eigenvalue weighted by Gasteiger charge is 2.13. The molecule has 0 atom stereocenters. The smallest absolute Gasteiger partial charge is 0.172 e. The zero-order valence-corrected chi connectivity index (χ0v) is 12.7. The summed E-state index contributed by atoms with van der Waals surface area (Å²) in [6.45, 7) is 2.08. The molecule has 0 aromatic heterocycles. The van der Waals surface area contributed by atoms with Gasteiger partial charge in [-0.2, -0.15) is 0 Å². The number of nitrogens with two attached hydrogens (primary N) is 1. The van der Waals surface area contributed by atoms with E-state index in [0.29, 0.717) is 0 Å². The molecule has 0 amide bonds. The van der Waals surface area contributed by atoms with Crippen LogP contribution in [0.1, 0.15) is 12.5 Å². The highest BCUT2D eigenvalue weighted by atomic mass is 32.2. The fourth-order valence-electron chi connectivity index (χ4n) is 1.79. The van der Waals surface area contributed by atoms with E-state index in [1.165, 1.54) is 0 Å². The Kier molecular flexibility index (Phi) is 5.38. The summed E-state index contributed by atoms with van der Waals surface area (Å²) in [6.07, 6.45) is 0. The van der Waals surface area contributed by atoms with Crippen LogP contribution in [0.2, 0.25) is 0 Å². The molecule has 2 rings (SSSR count). The van der Waals surface area contributed by atoms with Crippen molar-refractivity contribution in [3.8, 4) is 0 Å². The molecule has 0 aliphatic rings. The van der Waals surface area contributed by atoms with Crippen molar-refractivity contribution in [3.05, 3.63) is 54.1 Å². The molecule has 3 N–H and O–H groups in total. The zero-order valence-electron chi connectivity index (χ0n) is 11.1. The van der Waals surface area contributed by atoms with Crippen molar-refractivity contribution >= 4 is 29.4 Å². The zero-order chi connectivity index (χ0) is 14.4. The van der Waals surface area contributed by atoms with Crippen LogP contribution in [0.3, 0.4) is 0 Å². The third-order valence-corrected chi connectivity index (χ3v) is 4.63. The van der Waals surface area contributed by atoms with E-state index in [4.69, 9.17) is 10.9 Å². The van der Waals surface area contributed by atoms with Crippen LogP contribution in [0, 0.1) is 0 Å². The molecule has 0 saturated carbocycles. The summed E-state index contributed by atoms with van der Waals surface area (Å²) in [5, 5.41) is 12.2. The number of rotatable bonds is 5. The van der Waals surface area contributed by atoms with Gasteiger partial charge >= 0.3 is 0 Å². The number of hydrogen-bond donors (Lipinski definition) is 2. The Morgan fingerprint density at radius 3 is 2.45 bits per heavy atom.